The lowest BCUT2D eigenvalue weighted by Crippen LogP contribution is -2.21. The molecule has 0 saturated carbocycles. The van der Waals surface area contributed by atoms with Crippen LogP contribution in [0.2, 0.25) is 0 Å². The molecule has 4 N–H and O–H groups in total. The van der Waals surface area contributed by atoms with E-state index < -0.39 is 5.97 Å². The van der Waals surface area contributed by atoms with Crippen molar-refractivity contribution in [3.63, 3.8) is 0 Å². The lowest BCUT2D eigenvalue weighted by Gasteiger charge is -1.97. The molecule has 0 aliphatic heterocycles. The second-order valence-corrected chi connectivity index (χ2v) is 3.84. The largest absolute Gasteiger partial charge is 0.461 e. The second-order valence-electron chi connectivity index (χ2n) is 2.66. The van der Waals surface area contributed by atoms with Crippen LogP contribution < -0.4 is 11.5 Å². The average Bonchev–Trinajstić information content (AvgIpc) is 2.46. The molecule has 0 amide bonds. The summed E-state index contributed by atoms with van der Waals surface area (Å²) in [6.07, 6.45) is 0. The van der Waals surface area contributed by atoms with Gasteiger partial charge in [-0.2, -0.15) is 4.99 Å². The highest BCUT2D eigenvalue weighted by atomic mass is 32.1. The maximum absolute atomic E-state index is 11.4. The van der Waals surface area contributed by atoms with Crippen LogP contribution in [0.1, 0.15) is 22.3 Å². The zero-order chi connectivity index (χ0) is 11.4. The average molecular weight is 228 g/mol. The number of hydrogen-bond donors (Lipinski definition) is 2. The van der Waals surface area contributed by atoms with E-state index in [-0.39, 0.29) is 11.7 Å². The molecule has 0 radical (unpaired) electrons. The van der Waals surface area contributed by atoms with Gasteiger partial charge in [-0.3, -0.25) is 0 Å². The standard InChI is InChI=1S/C8H12N4O2S/c1-3-14-6(13)5-4(2)15-8(11-5)12-7(9)10/h3H2,1-2H3,(H4,9,10,11,12). The maximum atomic E-state index is 11.4. The number of aromatic nitrogens is 1. The molecule has 0 spiro atoms. The molecule has 0 unspecified atom stereocenters. The van der Waals surface area contributed by atoms with E-state index in [1.807, 2.05) is 0 Å². The van der Waals surface area contributed by atoms with Crippen molar-refractivity contribution in [1.82, 2.24) is 4.98 Å². The predicted molar refractivity (Wildman–Crippen MR) is 58.3 cm³/mol. The van der Waals surface area contributed by atoms with Crippen molar-refractivity contribution in [1.29, 1.82) is 0 Å². The number of aryl methyl sites for hydroxylation is 1. The molecule has 7 heteroatoms. The molecule has 1 heterocycles. The van der Waals surface area contributed by atoms with Crippen molar-refractivity contribution in [2.75, 3.05) is 6.61 Å². The summed E-state index contributed by atoms with van der Waals surface area (Å²) in [5, 5.41) is 0.357. The molecular weight excluding hydrogens is 216 g/mol. The zero-order valence-electron chi connectivity index (χ0n) is 8.48. The first kappa shape index (κ1) is 11.4. The van der Waals surface area contributed by atoms with Crippen molar-refractivity contribution in [2.45, 2.75) is 13.8 Å². The minimum Gasteiger partial charge on any atom is -0.461 e. The van der Waals surface area contributed by atoms with Crippen molar-refractivity contribution in [3.05, 3.63) is 10.6 Å². The van der Waals surface area contributed by atoms with Gasteiger partial charge in [0, 0.05) is 4.88 Å². The third kappa shape index (κ3) is 2.91. The third-order valence-corrected chi connectivity index (χ3v) is 2.34. The summed E-state index contributed by atoms with van der Waals surface area (Å²) in [5.74, 6) is -0.539. The zero-order valence-corrected chi connectivity index (χ0v) is 9.30. The number of aliphatic imine (C=N–C) groups is 1. The Hall–Kier alpha value is -1.63. The van der Waals surface area contributed by atoms with Gasteiger partial charge in [-0.05, 0) is 13.8 Å². The molecule has 15 heavy (non-hydrogen) atoms. The van der Waals surface area contributed by atoms with Gasteiger partial charge in [-0.15, -0.1) is 0 Å². The van der Waals surface area contributed by atoms with Crippen LogP contribution in [0.25, 0.3) is 0 Å². The predicted octanol–water partition coefficient (Wildman–Crippen LogP) is 0.533. The van der Waals surface area contributed by atoms with Crippen LogP contribution in [0.3, 0.4) is 0 Å². The van der Waals surface area contributed by atoms with Crippen molar-refractivity contribution < 1.29 is 9.53 Å². The van der Waals surface area contributed by atoms with Crippen molar-refractivity contribution >= 4 is 28.4 Å². The van der Waals surface area contributed by atoms with Gasteiger partial charge >= 0.3 is 5.97 Å². The number of thiazole rings is 1. The van der Waals surface area contributed by atoms with E-state index in [1.165, 1.54) is 11.3 Å². The lowest BCUT2D eigenvalue weighted by atomic mass is 10.4. The monoisotopic (exact) mass is 228 g/mol. The number of guanidine groups is 1. The summed E-state index contributed by atoms with van der Waals surface area (Å²) in [4.78, 5) is 19.8. The van der Waals surface area contributed by atoms with Crippen LogP contribution in [0, 0.1) is 6.92 Å². The smallest absolute Gasteiger partial charge is 0.358 e. The van der Waals surface area contributed by atoms with Crippen LogP contribution in [-0.4, -0.2) is 23.5 Å². The van der Waals surface area contributed by atoms with Crippen LogP contribution in [0.15, 0.2) is 4.99 Å². The fraction of sp³-hybridized carbons (Fsp3) is 0.375. The Bertz CT molecular complexity index is 395. The molecule has 6 nitrogen and oxygen atoms in total. The Morgan fingerprint density at radius 3 is 2.80 bits per heavy atom. The van der Waals surface area contributed by atoms with E-state index in [0.717, 1.165) is 4.88 Å². The second kappa shape index (κ2) is 4.74. The molecule has 0 aliphatic rings. The highest BCUT2D eigenvalue weighted by molar-refractivity contribution is 7.15. The minimum absolute atomic E-state index is 0.0841. The van der Waals surface area contributed by atoms with Crippen LogP contribution in [0.5, 0.6) is 0 Å². The van der Waals surface area contributed by atoms with E-state index >= 15 is 0 Å². The first-order valence-electron chi connectivity index (χ1n) is 4.28. The van der Waals surface area contributed by atoms with Crippen LogP contribution in [0.4, 0.5) is 5.13 Å². The van der Waals surface area contributed by atoms with E-state index in [9.17, 15) is 4.79 Å². The number of esters is 1. The van der Waals surface area contributed by atoms with E-state index in [0.29, 0.717) is 11.7 Å². The number of nitrogens with two attached hydrogens (primary N) is 2. The van der Waals surface area contributed by atoms with Gasteiger partial charge in [-0.25, -0.2) is 9.78 Å². The Kier molecular flexibility index (Phi) is 3.62. The number of carbonyl (C=O) groups excluding carboxylic acids is 1. The van der Waals surface area contributed by atoms with Crippen LogP contribution >= 0.6 is 11.3 Å². The molecule has 0 aromatic carbocycles. The summed E-state index contributed by atoms with van der Waals surface area (Å²) < 4.78 is 4.82. The molecule has 1 aromatic rings. The quantitative estimate of drug-likeness (QED) is 0.446. The summed E-state index contributed by atoms with van der Waals surface area (Å²) >= 11 is 1.24. The minimum atomic E-state index is -0.455. The number of hydrogen-bond acceptors (Lipinski definition) is 5. The number of rotatable bonds is 3. The van der Waals surface area contributed by atoms with Gasteiger partial charge in [0.2, 0.25) is 5.13 Å². The Balaban J connectivity index is 2.96. The summed E-state index contributed by atoms with van der Waals surface area (Å²) in [5.41, 5.74) is 10.7. The van der Waals surface area contributed by atoms with Gasteiger partial charge < -0.3 is 16.2 Å². The summed E-state index contributed by atoms with van der Waals surface area (Å²) in [7, 11) is 0. The van der Waals surface area contributed by atoms with Crippen molar-refractivity contribution in [2.24, 2.45) is 16.5 Å². The summed E-state index contributed by atoms with van der Waals surface area (Å²) in [6, 6.07) is 0. The number of carbonyl (C=O) groups is 1. The molecule has 0 atom stereocenters. The van der Waals surface area contributed by atoms with Gasteiger partial charge in [0.1, 0.15) is 0 Å². The Morgan fingerprint density at radius 1 is 1.60 bits per heavy atom. The normalized spacial score (nSPS) is 9.73. The molecule has 0 fully saturated rings. The van der Waals surface area contributed by atoms with Gasteiger partial charge in [0.05, 0.1) is 6.61 Å². The topological polar surface area (TPSA) is 104 Å². The maximum Gasteiger partial charge on any atom is 0.358 e. The van der Waals surface area contributed by atoms with Gasteiger partial charge in [0.15, 0.2) is 11.7 Å². The molecule has 1 rings (SSSR count). The lowest BCUT2D eigenvalue weighted by molar-refractivity contribution is 0.0519. The first-order chi connectivity index (χ1) is 7.04. The van der Waals surface area contributed by atoms with Gasteiger partial charge in [-0.1, -0.05) is 11.3 Å². The first-order valence-corrected chi connectivity index (χ1v) is 5.10. The van der Waals surface area contributed by atoms with Crippen LogP contribution in [-0.2, 0) is 4.74 Å². The SMILES string of the molecule is CCOC(=O)c1nc(N=C(N)N)sc1C. The molecule has 0 aliphatic carbocycles. The number of ether oxygens (including phenoxy) is 1. The molecule has 82 valence electrons. The Morgan fingerprint density at radius 2 is 2.27 bits per heavy atom. The molecule has 1 aromatic heterocycles. The number of nitrogens with zero attached hydrogens (tertiary/aromatic N) is 2. The molecule has 0 saturated heterocycles. The molecular formula is C8H12N4O2S. The Labute approximate surface area is 91.0 Å². The molecule has 0 bridgehead atoms. The fourth-order valence-electron chi connectivity index (χ4n) is 0.930. The third-order valence-electron chi connectivity index (χ3n) is 1.48. The van der Waals surface area contributed by atoms with Crippen molar-refractivity contribution in [3.8, 4) is 0 Å². The van der Waals surface area contributed by atoms with E-state index in [4.69, 9.17) is 16.2 Å². The summed E-state index contributed by atoms with van der Waals surface area (Å²) in [6.45, 7) is 3.81. The highest BCUT2D eigenvalue weighted by Gasteiger charge is 2.15. The van der Waals surface area contributed by atoms with E-state index in [1.54, 1.807) is 13.8 Å². The van der Waals surface area contributed by atoms with E-state index in [2.05, 4.69) is 9.98 Å². The fourth-order valence-corrected chi connectivity index (χ4v) is 1.72. The van der Waals surface area contributed by atoms with Gasteiger partial charge in [0.25, 0.3) is 0 Å². The highest BCUT2D eigenvalue weighted by Crippen LogP contribution is 2.24.